The van der Waals surface area contributed by atoms with Gasteiger partial charge in [0.1, 0.15) is 11.3 Å². The SMILES string of the molecule is CCCCc1nc2cccnc2n1Cc1ccc2nc(-c3ccccc3C(=O)[O-])ccc2c1.[Na+]. The minimum Gasteiger partial charge on any atom is -0.545 e. The van der Waals surface area contributed by atoms with Gasteiger partial charge in [-0.15, -0.1) is 0 Å². The number of imidazole rings is 1. The zero-order chi connectivity index (χ0) is 22.8. The van der Waals surface area contributed by atoms with Gasteiger partial charge in [0.25, 0.3) is 0 Å². The predicted octanol–water partition coefficient (Wildman–Crippen LogP) is 1.40. The first kappa shape index (κ1) is 24.1. The predicted molar refractivity (Wildman–Crippen MR) is 127 cm³/mol. The zero-order valence-corrected chi connectivity index (χ0v) is 21.4. The molecule has 0 atom stereocenters. The Morgan fingerprint density at radius 2 is 1.82 bits per heavy atom. The number of pyridine rings is 2. The van der Waals surface area contributed by atoms with Gasteiger partial charge in [0.15, 0.2) is 5.65 Å². The summed E-state index contributed by atoms with van der Waals surface area (Å²) >= 11 is 0. The summed E-state index contributed by atoms with van der Waals surface area (Å²) in [4.78, 5) is 25.6. The van der Waals surface area contributed by atoms with Crippen LogP contribution in [0.3, 0.4) is 0 Å². The van der Waals surface area contributed by atoms with Crippen molar-refractivity contribution in [1.29, 1.82) is 0 Å². The molecule has 0 aliphatic heterocycles. The molecule has 3 heterocycles. The van der Waals surface area contributed by atoms with Crippen LogP contribution in [0.15, 0.2) is 72.9 Å². The first-order chi connectivity index (χ1) is 16.1. The van der Waals surface area contributed by atoms with E-state index in [1.807, 2.05) is 30.3 Å². The Labute approximate surface area is 220 Å². The third-order valence-electron chi connectivity index (χ3n) is 5.85. The minimum absolute atomic E-state index is 0. The number of carbonyl (C=O) groups excluding carboxylic acids is 1. The van der Waals surface area contributed by atoms with Crippen molar-refractivity contribution in [2.45, 2.75) is 32.7 Å². The number of hydrogen-bond acceptors (Lipinski definition) is 5. The number of carbonyl (C=O) groups is 1. The van der Waals surface area contributed by atoms with Crippen LogP contribution < -0.4 is 34.7 Å². The molecule has 7 heteroatoms. The van der Waals surface area contributed by atoms with Gasteiger partial charge in [-0.1, -0.05) is 49.7 Å². The van der Waals surface area contributed by atoms with Crippen LogP contribution in [-0.4, -0.2) is 25.5 Å². The molecule has 5 rings (SSSR count). The van der Waals surface area contributed by atoms with Gasteiger partial charge in [0.05, 0.1) is 23.7 Å². The molecule has 0 saturated carbocycles. The summed E-state index contributed by atoms with van der Waals surface area (Å²) < 4.78 is 2.20. The van der Waals surface area contributed by atoms with Gasteiger partial charge >= 0.3 is 29.6 Å². The molecule has 5 aromatic rings. The topological polar surface area (TPSA) is 83.7 Å². The number of carboxylic acids is 1. The Balaban J connectivity index is 0.00000274. The number of nitrogens with zero attached hydrogens (tertiary/aromatic N) is 4. The third-order valence-corrected chi connectivity index (χ3v) is 5.85. The van der Waals surface area contributed by atoms with E-state index in [-0.39, 0.29) is 35.1 Å². The molecule has 0 N–H and O–H groups in total. The molecule has 164 valence electrons. The third kappa shape index (κ3) is 4.75. The number of benzene rings is 2. The van der Waals surface area contributed by atoms with Gasteiger partial charge in [-0.25, -0.2) is 15.0 Å². The summed E-state index contributed by atoms with van der Waals surface area (Å²) in [6.07, 6.45) is 4.92. The molecule has 6 nitrogen and oxygen atoms in total. The second-order valence-corrected chi connectivity index (χ2v) is 8.12. The average molecular weight is 458 g/mol. The normalized spacial score (nSPS) is 11.0. The van der Waals surface area contributed by atoms with Crippen molar-refractivity contribution in [3.05, 3.63) is 89.9 Å². The number of aromatic nitrogens is 4. The van der Waals surface area contributed by atoms with Gasteiger partial charge in [-0.3, -0.25) is 0 Å². The summed E-state index contributed by atoms with van der Waals surface area (Å²) in [5.74, 6) is -0.152. The van der Waals surface area contributed by atoms with Crippen LogP contribution in [0.1, 0.15) is 41.5 Å². The van der Waals surface area contributed by atoms with Gasteiger partial charge in [0, 0.05) is 29.1 Å². The van der Waals surface area contributed by atoms with Crippen LogP contribution in [0.25, 0.3) is 33.3 Å². The maximum absolute atomic E-state index is 11.5. The van der Waals surface area contributed by atoms with Crippen LogP contribution in [0, 0.1) is 0 Å². The van der Waals surface area contributed by atoms with Crippen molar-refractivity contribution in [1.82, 2.24) is 19.5 Å². The number of carboxylic acid groups (broad SMARTS) is 1. The second-order valence-electron chi connectivity index (χ2n) is 8.12. The van der Waals surface area contributed by atoms with Crippen LogP contribution in [0.2, 0.25) is 0 Å². The molecule has 2 aromatic carbocycles. The Morgan fingerprint density at radius 3 is 2.65 bits per heavy atom. The number of fused-ring (bicyclic) bond motifs is 2. The zero-order valence-electron chi connectivity index (χ0n) is 19.4. The van der Waals surface area contributed by atoms with Gasteiger partial charge in [-0.2, -0.15) is 0 Å². The second kappa shape index (κ2) is 10.5. The summed E-state index contributed by atoms with van der Waals surface area (Å²) in [6.45, 7) is 2.86. The summed E-state index contributed by atoms with van der Waals surface area (Å²) in [6, 6.07) is 20.7. The van der Waals surface area contributed by atoms with Crippen LogP contribution in [0.4, 0.5) is 0 Å². The molecule has 0 aliphatic carbocycles. The van der Waals surface area contributed by atoms with Gasteiger partial charge in [0.2, 0.25) is 0 Å². The van der Waals surface area contributed by atoms with Gasteiger partial charge < -0.3 is 14.5 Å². The van der Waals surface area contributed by atoms with E-state index in [1.54, 1.807) is 30.5 Å². The van der Waals surface area contributed by atoms with E-state index >= 15 is 0 Å². The van der Waals surface area contributed by atoms with Crippen molar-refractivity contribution >= 4 is 28.0 Å². The Kier molecular flexibility index (Phi) is 7.41. The molecule has 0 amide bonds. The maximum Gasteiger partial charge on any atom is 1.00 e. The smallest absolute Gasteiger partial charge is 0.545 e. The van der Waals surface area contributed by atoms with Crippen molar-refractivity contribution in [3.63, 3.8) is 0 Å². The first-order valence-electron chi connectivity index (χ1n) is 11.1. The van der Waals surface area contributed by atoms with Crippen molar-refractivity contribution in [3.8, 4) is 11.3 Å². The van der Waals surface area contributed by atoms with E-state index in [1.165, 1.54) is 0 Å². The van der Waals surface area contributed by atoms with Crippen LogP contribution in [0.5, 0.6) is 0 Å². The Bertz CT molecular complexity index is 1480. The molecule has 3 aromatic heterocycles. The quantitative estimate of drug-likeness (QED) is 0.345. The number of hydrogen-bond donors (Lipinski definition) is 0. The van der Waals surface area contributed by atoms with E-state index in [9.17, 15) is 9.90 Å². The fraction of sp³-hybridized carbons (Fsp3) is 0.185. The summed E-state index contributed by atoms with van der Waals surface area (Å²) in [7, 11) is 0. The number of rotatable bonds is 7. The molecule has 0 spiro atoms. The summed E-state index contributed by atoms with van der Waals surface area (Å²) in [5, 5.41) is 12.5. The van der Waals surface area contributed by atoms with Crippen molar-refractivity contribution < 1.29 is 39.5 Å². The molecule has 0 radical (unpaired) electrons. The fourth-order valence-electron chi connectivity index (χ4n) is 4.19. The van der Waals surface area contributed by atoms with Crippen LogP contribution in [-0.2, 0) is 13.0 Å². The largest absolute Gasteiger partial charge is 1.00 e. The van der Waals surface area contributed by atoms with E-state index in [2.05, 4.69) is 28.6 Å². The van der Waals surface area contributed by atoms with Gasteiger partial charge in [-0.05, 0) is 42.3 Å². The first-order valence-corrected chi connectivity index (χ1v) is 11.1. The monoisotopic (exact) mass is 458 g/mol. The van der Waals surface area contributed by atoms with Crippen molar-refractivity contribution in [2.24, 2.45) is 0 Å². The average Bonchev–Trinajstić information content (AvgIpc) is 3.19. The molecule has 34 heavy (non-hydrogen) atoms. The molecule has 0 aliphatic rings. The maximum atomic E-state index is 11.5. The van der Waals surface area contributed by atoms with E-state index in [0.717, 1.165) is 52.7 Å². The number of unbranched alkanes of at least 4 members (excludes halogenated alkanes) is 1. The number of aryl methyl sites for hydroxylation is 1. The minimum atomic E-state index is -1.21. The van der Waals surface area contributed by atoms with Crippen molar-refractivity contribution in [2.75, 3.05) is 0 Å². The van der Waals surface area contributed by atoms with Crippen LogP contribution >= 0.6 is 0 Å². The summed E-state index contributed by atoms with van der Waals surface area (Å²) in [5.41, 5.74) is 5.07. The fourth-order valence-corrected chi connectivity index (χ4v) is 4.19. The Morgan fingerprint density at radius 1 is 0.971 bits per heavy atom. The molecule has 0 fully saturated rings. The standard InChI is InChI=1S/C27H24N4O2.Na/c1-2-3-10-25-30-24-9-6-15-28-26(24)31(25)17-18-11-13-22-19(16-18)12-14-23(29-22)20-7-4-5-8-21(20)27(32)33;/h4-9,11-16H,2-3,10,17H2,1H3,(H,32,33);/q;+1/p-1. The molecular formula is C27H23N4NaO2. The van der Waals surface area contributed by atoms with E-state index in [4.69, 9.17) is 9.97 Å². The Hall–Kier alpha value is -3.06. The van der Waals surface area contributed by atoms with E-state index in [0.29, 0.717) is 17.8 Å². The molecule has 0 unspecified atom stereocenters. The molecular weight excluding hydrogens is 435 g/mol. The molecule has 0 saturated heterocycles. The number of aromatic carboxylic acids is 1. The van der Waals surface area contributed by atoms with E-state index < -0.39 is 5.97 Å². The molecule has 0 bridgehead atoms.